The molecule has 0 aliphatic carbocycles. The first-order valence-electron chi connectivity index (χ1n) is 8.00. The average Bonchev–Trinajstić information content (AvgIpc) is 3.11. The SMILES string of the molecule is COC(=O)C(Cc1cn(C(C)=O)cn1)NC(=O)Nc1ccc(CN=O)cc1. The number of urea groups is 1. The molecule has 2 rings (SSSR count). The number of nitrogens with one attached hydrogen (secondary N) is 2. The predicted molar refractivity (Wildman–Crippen MR) is 96.1 cm³/mol. The van der Waals surface area contributed by atoms with E-state index in [0.29, 0.717) is 16.9 Å². The molecule has 2 aromatic rings. The maximum Gasteiger partial charge on any atom is 0.328 e. The largest absolute Gasteiger partial charge is 0.467 e. The van der Waals surface area contributed by atoms with Crippen LogP contribution in [0.3, 0.4) is 0 Å². The molecule has 27 heavy (non-hydrogen) atoms. The van der Waals surface area contributed by atoms with E-state index in [1.807, 2.05) is 0 Å². The van der Waals surface area contributed by atoms with Gasteiger partial charge in [-0.3, -0.25) is 9.36 Å². The van der Waals surface area contributed by atoms with Gasteiger partial charge in [-0.1, -0.05) is 17.3 Å². The highest BCUT2D eigenvalue weighted by atomic mass is 16.5. The number of amides is 2. The van der Waals surface area contributed by atoms with Crippen LogP contribution in [-0.4, -0.2) is 40.6 Å². The lowest BCUT2D eigenvalue weighted by Crippen LogP contribution is -2.45. The van der Waals surface area contributed by atoms with E-state index in [-0.39, 0.29) is 18.9 Å². The Bertz CT molecular complexity index is 830. The van der Waals surface area contributed by atoms with Gasteiger partial charge in [0.05, 0.1) is 12.8 Å². The molecule has 1 atom stereocenters. The normalized spacial score (nSPS) is 11.3. The second-order valence-electron chi connectivity index (χ2n) is 5.65. The van der Waals surface area contributed by atoms with E-state index in [1.165, 1.54) is 31.1 Å². The first-order valence-corrected chi connectivity index (χ1v) is 8.00. The summed E-state index contributed by atoms with van der Waals surface area (Å²) in [6.07, 6.45) is 2.88. The Morgan fingerprint density at radius 2 is 1.96 bits per heavy atom. The van der Waals surface area contributed by atoms with E-state index in [1.54, 1.807) is 24.3 Å². The summed E-state index contributed by atoms with van der Waals surface area (Å²) in [5.41, 5.74) is 1.64. The highest BCUT2D eigenvalue weighted by Crippen LogP contribution is 2.10. The van der Waals surface area contributed by atoms with Crippen molar-refractivity contribution in [3.8, 4) is 0 Å². The Kier molecular flexibility index (Phi) is 6.75. The van der Waals surface area contributed by atoms with Crippen LogP contribution in [0.5, 0.6) is 0 Å². The van der Waals surface area contributed by atoms with Gasteiger partial charge in [0.15, 0.2) is 0 Å². The zero-order valence-corrected chi connectivity index (χ0v) is 14.8. The Hall–Kier alpha value is -3.56. The molecule has 0 aliphatic rings. The van der Waals surface area contributed by atoms with Crippen LogP contribution in [0.15, 0.2) is 42.0 Å². The number of carbonyl (C=O) groups excluding carboxylic acids is 3. The number of carbonyl (C=O) groups is 3. The first kappa shape index (κ1) is 19.8. The van der Waals surface area contributed by atoms with Gasteiger partial charge in [-0.2, -0.15) is 4.91 Å². The molecule has 0 saturated carbocycles. The Morgan fingerprint density at radius 3 is 2.52 bits per heavy atom. The quantitative estimate of drug-likeness (QED) is 0.561. The van der Waals surface area contributed by atoms with E-state index in [4.69, 9.17) is 4.74 Å². The molecule has 1 aromatic carbocycles. The molecule has 2 N–H and O–H groups in total. The molecular weight excluding hydrogens is 354 g/mol. The number of rotatable bonds is 7. The van der Waals surface area contributed by atoms with Crippen molar-refractivity contribution in [3.05, 3.63) is 53.0 Å². The molecular formula is C17H19N5O5. The van der Waals surface area contributed by atoms with Crippen LogP contribution in [0.25, 0.3) is 0 Å². The van der Waals surface area contributed by atoms with Crippen LogP contribution in [0.2, 0.25) is 0 Å². The van der Waals surface area contributed by atoms with Gasteiger partial charge in [0.2, 0.25) is 5.91 Å². The fraction of sp³-hybridized carbons (Fsp3) is 0.294. The van der Waals surface area contributed by atoms with Gasteiger partial charge in [-0.15, -0.1) is 0 Å². The third-order valence-corrected chi connectivity index (χ3v) is 3.66. The van der Waals surface area contributed by atoms with Gasteiger partial charge in [0, 0.05) is 25.2 Å². The number of nitrogens with zero attached hydrogens (tertiary/aromatic N) is 3. The average molecular weight is 373 g/mol. The second kappa shape index (κ2) is 9.22. The molecule has 1 aromatic heterocycles. The Morgan fingerprint density at radius 1 is 1.26 bits per heavy atom. The molecule has 0 spiro atoms. The number of nitroso groups, excluding NO2 is 1. The van der Waals surface area contributed by atoms with Crippen LogP contribution in [0.1, 0.15) is 23.0 Å². The summed E-state index contributed by atoms with van der Waals surface area (Å²) in [5, 5.41) is 7.89. The number of hydrogen-bond acceptors (Lipinski definition) is 7. The lowest BCUT2D eigenvalue weighted by Gasteiger charge is -2.16. The lowest BCUT2D eigenvalue weighted by atomic mass is 10.1. The summed E-state index contributed by atoms with van der Waals surface area (Å²) in [6.45, 7) is 1.43. The topological polar surface area (TPSA) is 132 Å². The Labute approximate surface area is 154 Å². The van der Waals surface area contributed by atoms with Crippen LogP contribution in [-0.2, 0) is 22.5 Å². The minimum atomic E-state index is -0.983. The first-order chi connectivity index (χ1) is 12.9. The van der Waals surface area contributed by atoms with Crippen LogP contribution in [0.4, 0.5) is 10.5 Å². The minimum Gasteiger partial charge on any atom is -0.467 e. The molecule has 0 fully saturated rings. The van der Waals surface area contributed by atoms with Crippen molar-refractivity contribution < 1.29 is 19.1 Å². The molecule has 1 unspecified atom stereocenters. The fourth-order valence-corrected chi connectivity index (χ4v) is 2.28. The van der Waals surface area contributed by atoms with Crippen molar-refractivity contribution >= 4 is 23.6 Å². The predicted octanol–water partition coefficient (Wildman–Crippen LogP) is 1.72. The lowest BCUT2D eigenvalue weighted by molar-refractivity contribution is -0.142. The zero-order chi connectivity index (χ0) is 19.8. The molecule has 2 amide bonds. The van der Waals surface area contributed by atoms with Gasteiger partial charge >= 0.3 is 12.0 Å². The number of esters is 1. The molecule has 10 nitrogen and oxygen atoms in total. The van der Waals surface area contributed by atoms with E-state index < -0.39 is 18.0 Å². The van der Waals surface area contributed by atoms with Crippen molar-refractivity contribution in [1.82, 2.24) is 14.9 Å². The van der Waals surface area contributed by atoms with Gasteiger partial charge < -0.3 is 15.4 Å². The van der Waals surface area contributed by atoms with Gasteiger partial charge in [0.1, 0.15) is 18.9 Å². The number of hydrogen-bond donors (Lipinski definition) is 2. The van der Waals surface area contributed by atoms with Crippen molar-refractivity contribution in [2.75, 3.05) is 12.4 Å². The number of benzene rings is 1. The fourth-order valence-electron chi connectivity index (χ4n) is 2.28. The minimum absolute atomic E-state index is 0.0454. The highest BCUT2D eigenvalue weighted by Gasteiger charge is 2.23. The standard InChI is InChI=1S/C17H19N5O5/c1-11(23)22-9-14(18-10-22)7-15(16(24)27-2)21-17(25)20-13-5-3-12(4-6-13)8-19-26/h3-6,9-10,15H,7-8H2,1-2H3,(H2,20,21,25). The number of methoxy groups -OCH3 is 1. The van der Waals surface area contributed by atoms with Crippen LogP contribution in [0, 0.1) is 4.91 Å². The van der Waals surface area contributed by atoms with E-state index in [2.05, 4.69) is 20.8 Å². The van der Waals surface area contributed by atoms with E-state index in [0.717, 1.165) is 0 Å². The maximum absolute atomic E-state index is 12.2. The van der Waals surface area contributed by atoms with Gasteiger partial charge in [-0.05, 0) is 17.7 Å². The van der Waals surface area contributed by atoms with Crippen LogP contribution >= 0.6 is 0 Å². The number of aromatic nitrogens is 2. The molecule has 142 valence electrons. The zero-order valence-electron chi connectivity index (χ0n) is 14.8. The maximum atomic E-state index is 12.2. The van der Waals surface area contributed by atoms with Gasteiger partial charge in [0.25, 0.3) is 0 Å². The summed E-state index contributed by atoms with van der Waals surface area (Å²) in [7, 11) is 1.21. The summed E-state index contributed by atoms with van der Waals surface area (Å²) in [5.74, 6) is -0.864. The molecule has 0 saturated heterocycles. The van der Waals surface area contributed by atoms with Crippen molar-refractivity contribution in [1.29, 1.82) is 0 Å². The van der Waals surface area contributed by atoms with Gasteiger partial charge in [-0.25, -0.2) is 14.6 Å². The Balaban J connectivity index is 2.01. The monoisotopic (exact) mass is 373 g/mol. The third-order valence-electron chi connectivity index (χ3n) is 3.66. The number of imidazole rings is 1. The molecule has 0 aliphatic heterocycles. The van der Waals surface area contributed by atoms with Crippen molar-refractivity contribution in [3.63, 3.8) is 0 Å². The van der Waals surface area contributed by atoms with E-state index >= 15 is 0 Å². The van der Waals surface area contributed by atoms with Crippen LogP contribution < -0.4 is 10.6 Å². The van der Waals surface area contributed by atoms with E-state index in [9.17, 15) is 19.3 Å². The van der Waals surface area contributed by atoms with Crippen molar-refractivity contribution in [2.45, 2.75) is 25.9 Å². The van der Waals surface area contributed by atoms with Crippen molar-refractivity contribution in [2.24, 2.45) is 5.18 Å². The third kappa shape index (κ3) is 5.73. The summed E-state index contributed by atoms with van der Waals surface area (Å²) in [4.78, 5) is 49.7. The summed E-state index contributed by atoms with van der Waals surface area (Å²) in [6, 6.07) is 4.94. The second-order valence-corrected chi connectivity index (χ2v) is 5.65. The summed E-state index contributed by atoms with van der Waals surface area (Å²) < 4.78 is 5.99. The smallest absolute Gasteiger partial charge is 0.328 e. The molecule has 10 heteroatoms. The number of ether oxygens (including phenoxy) is 1. The molecule has 1 heterocycles. The highest BCUT2D eigenvalue weighted by molar-refractivity contribution is 5.92. The molecule has 0 radical (unpaired) electrons. The summed E-state index contributed by atoms with van der Waals surface area (Å²) >= 11 is 0. The number of anilines is 1. The molecule has 0 bridgehead atoms.